The van der Waals surface area contributed by atoms with Crippen LogP contribution in [0.15, 0.2) is 12.2 Å². The Kier molecular flexibility index (Phi) is 3.28. The highest BCUT2D eigenvalue weighted by molar-refractivity contribution is 7.91. The monoisotopic (exact) mass is 162 g/mol. The Labute approximate surface area is 60.7 Å². The van der Waals surface area contributed by atoms with Gasteiger partial charge < -0.3 is 0 Å². The minimum Gasteiger partial charge on any atom is -0.294 e. The molecule has 0 aromatic carbocycles. The van der Waals surface area contributed by atoms with Gasteiger partial charge in [0.2, 0.25) is 0 Å². The number of rotatable bonds is 3. The summed E-state index contributed by atoms with van der Waals surface area (Å²) in [5.74, 6) is -0.762. The van der Waals surface area contributed by atoms with Gasteiger partial charge in [-0.2, -0.15) is 0 Å². The van der Waals surface area contributed by atoms with Crippen LogP contribution in [0.5, 0.6) is 0 Å². The fourth-order valence-electron chi connectivity index (χ4n) is 0.492. The summed E-state index contributed by atoms with van der Waals surface area (Å²) in [5, 5.41) is 0. The van der Waals surface area contributed by atoms with Crippen LogP contribution in [0.3, 0.4) is 0 Å². The van der Waals surface area contributed by atoms with Crippen molar-refractivity contribution in [1.82, 2.24) is 0 Å². The van der Waals surface area contributed by atoms with Gasteiger partial charge in [-0.25, -0.2) is 8.42 Å². The molecule has 0 fully saturated rings. The molecule has 0 aliphatic heterocycles. The highest BCUT2D eigenvalue weighted by Crippen LogP contribution is 1.85. The summed E-state index contributed by atoms with van der Waals surface area (Å²) in [4.78, 5) is 10.6. The molecular weight excluding hydrogens is 152 g/mol. The maximum absolute atomic E-state index is 10.6. The highest BCUT2D eigenvalue weighted by Gasteiger charge is 2.06. The number of sulfone groups is 1. The van der Waals surface area contributed by atoms with Crippen LogP contribution >= 0.6 is 0 Å². The van der Waals surface area contributed by atoms with E-state index in [0.29, 0.717) is 0 Å². The van der Waals surface area contributed by atoms with Gasteiger partial charge in [-0.05, 0) is 13.0 Å². The molecule has 0 aromatic heterocycles. The van der Waals surface area contributed by atoms with Crippen molar-refractivity contribution in [3.05, 3.63) is 12.2 Å². The van der Waals surface area contributed by atoms with E-state index in [9.17, 15) is 13.2 Å². The van der Waals surface area contributed by atoms with Crippen molar-refractivity contribution in [3.63, 3.8) is 0 Å². The van der Waals surface area contributed by atoms with Crippen molar-refractivity contribution in [2.75, 3.05) is 12.0 Å². The molecule has 0 amide bonds. The first-order chi connectivity index (χ1) is 4.45. The Morgan fingerprint density at radius 1 is 1.50 bits per heavy atom. The first kappa shape index (κ1) is 9.36. The standard InChI is InChI=1S/C6H10O3S/c1-3-4-6(7)5-10(2,8)9/h3-4H,5H2,1-2H3/b4-3+. The van der Waals surface area contributed by atoms with Crippen molar-refractivity contribution >= 4 is 15.6 Å². The van der Waals surface area contributed by atoms with Crippen LogP contribution in [0.1, 0.15) is 6.92 Å². The van der Waals surface area contributed by atoms with Crippen LogP contribution in [-0.2, 0) is 14.6 Å². The lowest BCUT2D eigenvalue weighted by Gasteiger charge is -1.89. The quantitative estimate of drug-likeness (QED) is 0.556. The lowest BCUT2D eigenvalue weighted by Crippen LogP contribution is -2.11. The van der Waals surface area contributed by atoms with Crippen molar-refractivity contribution < 1.29 is 13.2 Å². The average molecular weight is 162 g/mol. The van der Waals surface area contributed by atoms with E-state index in [1.54, 1.807) is 6.92 Å². The van der Waals surface area contributed by atoms with Crippen molar-refractivity contribution in [2.24, 2.45) is 0 Å². The molecular formula is C6H10O3S. The molecule has 0 aliphatic rings. The summed E-state index contributed by atoms with van der Waals surface area (Å²) in [6.07, 6.45) is 3.81. The molecule has 0 atom stereocenters. The van der Waals surface area contributed by atoms with Gasteiger partial charge in [-0.15, -0.1) is 0 Å². The third-order valence-corrected chi connectivity index (χ3v) is 1.57. The van der Waals surface area contributed by atoms with Gasteiger partial charge in [0.05, 0.1) is 0 Å². The third-order valence-electron chi connectivity index (χ3n) is 0.757. The molecule has 58 valence electrons. The molecule has 0 rings (SSSR count). The zero-order valence-electron chi connectivity index (χ0n) is 5.99. The van der Waals surface area contributed by atoms with E-state index in [4.69, 9.17) is 0 Å². The number of carbonyl (C=O) groups excluding carboxylic acids is 1. The number of hydrogen-bond donors (Lipinski definition) is 0. The summed E-state index contributed by atoms with van der Waals surface area (Å²) in [5.41, 5.74) is 0. The Morgan fingerprint density at radius 2 is 2.00 bits per heavy atom. The molecule has 0 heterocycles. The summed E-state index contributed by atoms with van der Waals surface area (Å²) in [6.45, 7) is 1.67. The number of allylic oxidation sites excluding steroid dienone is 2. The van der Waals surface area contributed by atoms with Gasteiger partial charge >= 0.3 is 0 Å². The molecule has 10 heavy (non-hydrogen) atoms. The molecule has 3 nitrogen and oxygen atoms in total. The van der Waals surface area contributed by atoms with Crippen LogP contribution in [0.2, 0.25) is 0 Å². The van der Waals surface area contributed by atoms with Crippen LogP contribution in [0.25, 0.3) is 0 Å². The molecule has 0 unspecified atom stereocenters. The lowest BCUT2D eigenvalue weighted by atomic mass is 10.4. The summed E-state index contributed by atoms with van der Waals surface area (Å²) < 4.78 is 20.9. The summed E-state index contributed by atoms with van der Waals surface area (Å²) >= 11 is 0. The second kappa shape index (κ2) is 3.51. The van der Waals surface area contributed by atoms with Gasteiger partial charge in [-0.1, -0.05) is 6.08 Å². The summed E-state index contributed by atoms with van der Waals surface area (Å²) in [7, 11) is -3.15. The van der Waals surface area contributed by atoms with Gasteiger partial charge in [0.25, 0.3) is 0 Å². The van der Waals surface area contributed by atoms with Crippen molar-refractivity contribution in [3.8, 4) is 0 Å². The van der Waals surface area contributed by atoms with Gasteiger partial charge in [0.15, 0.2) is 15.6 Å². The fourth-order valence-corrected chi connectivity index (χ4v) is 1.11. The normalized spacial score (nSPS) is 12.2. The molecule has 4 heteroatoms. The Hall–Kier alpha value is -0.640. The smallest absolute Gasteiger partial charge is 0.170 e. The molecule has 0 aromatic rings. The Balaban J connectivity index is 4.07. The molecule has 0 N–H and O–H groups in total. The minimum absolute atomic E-state index is 0.370. The van der Waals surface area contributed by atoms with Crippen LogP contribution < -0.4 is 0 Å². The van der Waals surface area contributed by atoms with E-state index in [0.717, 1.165) is 6.26 Å². The van der Waals surface area contributed by atoms with Crippen LogP contribution in [-0.4, -0.2) is 26.2 Å². The second-order valence-corrected chi connectivity index (χ2v) is 4.18. The topological polar surface area (TPSA) is 51.2 Å². The Bertz CT molecular complexity index is 236. The lowest BCUT2D eigenvalue weighted by molar-refractivity contribution is -0.112. The van der Waals surface area contributed by atoms with E-state index in [1.165, 1.54) is 12.2 Å². The first-order valence-corrected chi connectivity index (χ1v) is 4.85. The number of ketones is 1. The van der Waals surface area contributed by atoms with Crippen molar-refractivity contribution in [2.45, 2.75) is 6.92 Å². The fraction of sp³-hybridized carbons (Fsp3) is 0.500. The van der Waals surface area contributed by atoms with Crippen molar-refractivity contribution in [1.29, 1.82) is 0 Å². The molecule has 0 bridgehead atoms. The number of carbonyl (C=O) groups is 1. The predicted molar refractivity (Wildman–Crippen MR) is 39.5 cm³/mol. The van der Waals surface area contributed by atoms with E-state index >= 15 is 0 Å². The molecule has 0 saturated carbocycles. The van der Waals surface area contributed by atoms with Gasteiger partial charge in [-0.3, -0.25) is 4.79 Å². The third kappa shape index (κ3) is 5.50. The van der Waals surface area contributed by atoms with E-state index in [1.807, 2.05) is 0 Å². The molecule has 0 spiro atoms. The minimum atomic E-state index is -3.15. The van der Waals surface area contributed by atoms with Crippen LogP contribution in [0, 0.1) is 0 Å². The number of hydrogen-bond acceptors (Lipinski definition) is 3. The van der Waals surface area contributed by atoms with E-state index in [2.05, 4.69) is 0 Å². The largest absolute Gasteiger partial charge is 0.294 e. The highest BCUT2D eigenvalue weighted by atomic mass is 32.2. The maximum Gasteiger partial charge on any atom is 0.170 e. The van der Waals surface area contributed by atoms with E-state index < -0.39 is 15.6 Å². The Morgan fingerprint density at radius 3 is 2.30 bits per heavy atom. The molecule has 0 saturated heterocycles. The van der Waals surface area contributed by atoms with Crippen LogP contribution in [0.4, 0.5) is 0 Å². The van der Waals surface area contributed by atoms with Gasteiger partial charge in [0, 0.05) is 6.26 Å². The first-order valence-electron chi connectivity index (χ1n) is 2.79. The summed E-state index contributed by atoms with van der Waals surface area (Å²) in [6, 6.07) is 0. The average Bonchev–Trinajstić information content (AvgIpc) is 1.59. The van der Waals surface area contributed by atoms with E-state index in [-0.39, 0.29) is 5.78 Å². The maximum atomic E-state index is 10.6. The van der Waals surface area contributed by atoms with Gasteiger partial charge in [0.1, 0.15) is 5.75 Å². The second-order valence-electron chi connectivity index (χ2n) is 2.04. The molecule has 0 radical (unpaired) electrons. The predicted octanol–water partition coefficient (Wildman–Crippen LogP) is 0.176. The SMILES string of the molecule is C/C=C/C(=O)CS(C)(=O)=O. The zero-order valence-corrected chi connectivity index (χ0v) is 6.81. The molecule has 0 aliphatic carbocycles. The zero-order chi connectivity index (χ0) is 8.20.